The van der Waals surface area contributed by atoms with Crippen molar-refractivity contribution in [1.29, 1.82) is 0 Å². The minimum atomic E-state index is 0.0725. The zero-order chi connectivity index (χ0) is 11.4. The summed E-state index contributed by atoms with van der Waals surface area (Å²) in [6.45, 7) is 1.56. The third-order valence-corrected chi connectivity index (χ3v) is 2.46. The van der Waals surface area contributed by atoms with Crippen LogP contribution in [-0.4, -0.2) is 5.78 Å². The molecule has 0 radical (unpaired) electrons. The van der Waals surface area contributed by atoms with Gasteiger partial charge in [0.25, 0.3) is 0 Å². The summed E-state index contributed by atoms with van der Waals surface area (Å²) in [5.74, 6) is 1.72. The van der Waals surface area contributed by atoms with Crippen LogP contribution in [0.1, 0.15) is 30.1 Å². The van der Waals surface area contributed by atoms with Crippen LogP contribution < -0.4 is 4.74 Å². The van der Waals surface area contributed by atoms with Gasteiger partial charge in [0.1, 0.15) is 11.5 Å². The maximum atomic E-state index is 11.1. The van der Waals surface area contributed by atoms with Crippen molar-refractivity contribution in [3.8, 4) is 5.75 Å². The highest BCUT2D eigenvalue weighted by Crippen LogP contribution is 2.18. The van der Waals surface area contributed by atoms with Gasteiger partial charge in [-0.15, -0.1) is 0 Å². The summed E-state index contributed by atoms with van der Waals surface area (Å²) in [4.78, 5) is 11.1. The van der Waals surface area contributed by atoms with Gasteiger partial charge in [-0.1, -0.05) is 6.08 Å². The van der Waals surface area contributed by atoms with Gasteiger partial charge in [-0.3, -0.25) is 4.79 Å². The van der Waals surface area contributed by atoms with Crippen LogP contribution in [0, 0.1) is 0 Å². The normalized spacial score (nSPS) is 14.4. The smallest absolute Gasteiger partial charge is 0.159 e. The highest BCUT2D eigenvalue weighted by atomic mass is 16.5. The molecule has 0 bridgehead atoms. The maximum Gasteiger partial charge on any atom is 0.159 e. The predicted octanol–water partition coefficient (Wildman–Crippen LogP) is 3.50. The lowest BCUT2D eigenvalue weighted by atomic mass is 10.1. The van der Waals surface area contributed by atoms with E-state index in [0.29, 0.717) is 5.56 Å². The Morgan fingerprint density at radius 1 is 1.19 bits per heavy atom. The minimum Gasteiger partial charge on any atom is -0.458 e. The van der Waals surface area contributed by atoms with Crippen LogP contribution in [0.25, 0.3) is 0 Å². The molecule has 0 unspecified atom stereocenters. The van der Waals surface area contributed by atoms with Crippen LogP contribution >= 0.6 is 0 Å². The molecular weight excluding hydrogens is 200 g/mol. The maximum absolute atomic E-state index is 11.1. The molecule has 2 nitrogen and oxygen atoms in total. The molecule has 0 saturated heterocycles. The first kappa shape index (κ1) is 10.7. The van der Waals surface area contributed by atoms with Gasteiger partial charge in [-0.2, -0.15) is 0 Å². The van der Waals surface area contributed by atoms with Gasteiger partial charge in [-0.05, 0) is 56.2 Å². The van der Waals surface area contributed by atoms with Gasteiger partial charge in [0, 0.05) is 5.56 Å². The molecule has 0 heterocycles. The molecular formula is C14H14O2. The van der Waals surface area contributed by atoms with Crippen LogP contribution in [0.4, 0.5) is 0 Å². The number of rotatable bonds is 3. The van der Waals surface area contributed by atoms with Crippen molar-refractivity contribution in [2.45, 2.75) is 19.8 Å². The first-order valence-corrected chi connectivity index (χ1v) is 5.41. The van der Waals surface area contributed by atoms with Crippen molar-refractivity contribution in [1.82, 2.24) is 0 Å². The summed E-state index contributed by atoms with van der Waals surface area (Å²) in [6.07, 6.45) is 8.24. The molecule has 0 spiro atoms. The van der Waals surface area contributed by atoms with E-state index >= 15 is 0 Å². The molecule has 0 aromatic heterocycles. The fourth-order valence-electron chi connectivity index (χ4n) is 1.56. The molecule has 16 heavy (non-hydrogen) atoms. The SMILES string of the molecule is CC(=O)c1ccc(OC2=CCCC=C2)cc1. The molecule has 0 fully saturated rings. The van der Waals surface area contributed by atoms with Gasteiger partial charge < -0.3 is 4.74 Å². The van der Waals surface area contributed by atoms with Crippen LogP contribution in [0.3, 0.4) is 0 Å². The molecule has 2 rings (SSSR count). The first-order valence-electron chi connectivity index (χ1n) is 5.41. The Morgan fingerprint density at radius 2 is 1.94 bits per heavy atom. The molecule has 2 heteroatoms. The average Bonchev–Trinajstić information content (AvgIpc) is 2.31. The number of carbonyl (C=O) groups is 1. The summed E-state index contributed by atoms with van der Waals surface area (Å²) < 4.78 is 5.65. The van der Waals surface area contributed by atoms with E-state index in [-0.39, 0.29) is 5.78 Å². The number of carbonyl (C=O) groups excluding carboxylic acids is 1. The number of Topliss-reactive ketones (excluding diaryl/α,β-unsaturated/α-hetero) is 1. The van der Waals surface area contributed by atoms with E-state index in [9.17, 15) is 4.79 Å². The number of hydrogen-bond donors (Lipinski definition) is 0. The third kappa shape index (κ3) is 2.60. The average molecular weight is 214 g/mol. The monoisotopic (exact) mass is 214 g/mol. The zero-order valence-corrected chi connectivity index (χ0v) is 9.27. The summed E-state index contributed by atoms with van der Waals surface area (Å²) in [5.41, 5.74) is 0.709. The highest BCUT2D eigenvalue weighted by molar-refractivity contribution is 5.94. The molecule has 1 aromatic carbocycles. The standard InChI is InChI=1S/C14H14O2/c1-11(15)12-7-9-14(10-8-12)16-13-5-3-2-4-6-13/h3,5-10H,2,4H2,1H3. The van der Waals surface area contributed by atoms with Crippen LogP contribution in [-0.2, 0) is 0 Å². The van der Waals surface area contributed by atoms with Gasteiger partial charge in [-0.25, -0.2) is 0 Å². The van der Waals surface area contributed by atoms with Gasteiger partial charge in [0.05, 0.1) is 0 Å². The molecule has 0 atom stereocenters. The van der Waals surface area contributed by atoms with Crippen molar-refractivity contribution in [2.24, 2.45) is 0 Å². The van der Waals surface area contributed by atoms with Crippen LogP contribution in [0.5, 0.6) is 5.75 Å². The number of ketones is 1. The second kappa shape index (κ2) is 4.79. The summed E-state index contributed by atoms with van der Waals surface area (Å²) in [7, 11) is 0. The largest absolute Gasteiger partial charge is 0.458 e. The number of hydrogen-bond acceptors (Lipinski definition) is 2. The fraction of sp³-hybridized carbons (Fsp3) is 0.214. The highest BCUT2D eigenvalue weighted by Gasteiger charge is 2.02. The minimum absolute atomic E-state index is 0.0725. The Hall–Kier alpha value is -1.83. The lowest BCUT2D eigenvalue weighted by molar-refractivity contribution is 0.101. The number of ether oxygens (including phenoxy) is 1. The molecule has 0 aliphatic heterocycles. The molecule has 1 aromatic rings. The second-order valence-corrected chi connectivity index (χ2v) is 3.77. The Kier molecular flexibility index (Phi) is 3.20. The van der Waals surface area contributed by atoms with E-state index in [2.05, 4.69) is 12.2 Å². The van der Waals surface area contributed by atoms with Crippen molar-refractivity contribution in [3.05, 3.63) is 53.8 Å². The van der Waals surface area contributed by atoms with Gasteiger partial charge in [0.2, 0.25) is 0 Å². The third-order valence-electron chi connectivity index (χ3n) is 2.46. The molecule has 82 valence electrons. The number of allylic oxidation sites excluding steroid dienone is 3. The van der Waals surface area contributed by atoms with E-state index in [4.69, 9.17) is 4.74 Å². The van der Waals surface area contributed by atoms with E-state index in [1.54, 1.807) is 19.1 Å². The Labute approximate surface area is 95.2 Å². The lowest BCUT2D eigenvalue weighted by Gasteiger charge is -2.09. The molecule has 1 aliphatic carbocycles. The Balaban J connectivity index is 2.08. The van der Waals surface area contributed by atoms with E-state index in [0.717, 1.165) is 24.4 Å². The Bertz CT molecular complexity index is 438. The summed E-state index contributed by atoms with van der Waals surface area (Å²) in [5, 5.41) is 0. The molecule has 1 aliphatic rings. The van der Waals surface area contributed by atoms with E-state index in [1.807, 2.05) is 18.2 Å². The van der Waals surface area contributed by atoms with Crippen LogP contribution in [0.15, 0.2) is 48.3 Å². The predicted molar refractivity (Wildman–Crippen MR) is 63.5 cm³/mol. The van der Waals surface area contributed by atoms with Crippen LogP contribution in [0.2, 0.25) is 0 Å². The quantitative estimate of drug-likeness (QED) is 0.720. The molecule has 0 N–H and O–H groups in total. The molecule has 0 saturated carbocycles. The lowest BCUT2D eigenvalue weighted by Crippen LogP contribution is -1.96. The Morgan fingerprint density at radius 3 is 2.50 bits per heavy atom. The summed E-state index contributed by atoms with van der Waals surface area (Å²) in [6, 6.07) is 7.20. The van der Waals surface area contributed by atoms with E-state index < -0.39 is 0 Å². The topological polar surface area (TPSA) is 26.3 Å². The fourth-order valence-corrected chi connectivity index (χ4v) is 1.56. The van der Waals surface area contributed by atoms with Gasteiger partial charge >= 0.3 is 0 Å². The zero-order valence-electron chi connectivity index (χ0n) is 9.27. The molecule has 0 amide bonds. The van der Waals surface area contributed by atoms with Crippen molar-refractivity contribution in [3.63, 3.8) is 0 Å². The van der Waals surface area contributed by atoms with Crippen molar-refractivity contribution in [2.75, 3.05) is 0 Å². The van der Waals surface area contributed by atoms with Crippen molar-refractivity contribution < 1.29 is 9.53 Å². The summed E-state index contributed by atoms with van der Waals surface area (Å²) >= 11 is 0. The van der Waals surface area contributed by atoms with Gasteiger partial charge in [0.15, 0.2) is 5.78 Å². The second-order valence-electron chi connectivity index (χ2n) is 3.77. The van der Waals surface area contributed by atoms with E-state index in [1.165, 1.54) is 0 Å². The first-order chi connectivity index (χ1) is 7.75. The number of benzene rings is 1. The van der Waals surface area contributed by atoms with Crippen molar-refractivity contribution >= 4 is 5.78 Å².